The smallest absolute Gasteiger partial charge is 0.120 e. The minimum Gasteiger partial charge on any atom is -0.490 e. The number of hydrogen-bond donors (Lipinski definition) is 1. The second kappa shape index (κ2) is 6.06. The summed E-state index contributed by atoms with van der Waals surface area (Å²) in [5.74, 6) is 1.03. The van der Waals surface area contributed by atoms with Crippen molar-refractivity contribution < 1.29 is 4.74 Å². The quantitative estimate of drug-likeness (QED) is 0.837. The van der Waals surface area contributed by atoms with Crippen LogP contribution in [0.15, 0.2) is 24.3 Å². The third kappa shape index (κ3) is 3.47. The summed E-state index contributed by atoms with van der Waals surface area (Å²) in [5, 5.41) is 3.43. The van der Waals surface area contributed by atoms with Crippen molar-refractivity contribution >= 4 is 0 Å². The van der Waals surface area contributed by atoms with Crippen molar-refractivity contribution in [2.75, 3.05) is 6.54 Å². The predicted molar refractivity (Wildman–Crippen MR) is 71.4 cm³/mol. The molecule has 2 nitrogen and oxygen atoms in total. The third-order valence-corrected chi connectivity index (χ3v) is 3.47. The van der Waals surface area contributed by atoms with Crippen molar-refractivity contribution in [2.24, 2.45) is 0 Å². The fourth-order valence-corrected chi connectivity index (χ4v) is 2.48. The fraction of sp³-hybridized carbons (Fsp3) is 0.600. The highest BCUT2D eigenvalue weighted by atomic mass is 16.5. The Bertz CT molecular complexity index is 345. The molecule has 0 heterocycles. The molecule has 17 heavy (non-hydrogen) atoms. The van der Waals surface area contributed by atoms with Gasteiger partial charge in [-0.2, -0.15) is 0 Å². The van der Waals surface area contributed by atoms with Crippen LogP contribution in [0.2, 0.25) is 0 Å². The van der Waals surface area contributed by atoms with Crippen LogP contribution in [-0.4, -0.2) is 12.6 Å². The Morgan fingerprint density at radius 2 is 2.12 bits per heavy atom. The van der Waals surface area contributed by atoms with E-state index in [-0.39, 0.29) is 0 Å². The van der Waals surface area contributed by atoms with Crippen LogP contribution in [0.4, 0.5) is 0 Å². The van der Waals surface area contributed by atoms with E-state index in [0.717, 1.165) is 12.3 Å². The summed E-state index contributed by atoms with van der Waals surface area (Å²) in [6, 6.07) is 8.89. The van der Waals surface area contributed by atoms with E-state index in [2.05, 4.69) is 43.4 Å². The van der Waals surface area contributed by atoms with Crippen LogP contribution in [0, 0.1) is 0 Å². The molecule has 1 N–H and O–H groups in total. The van der Waals surface area contributed by atoms with Gasteiger partial charge in [0.15, 0.2) is 0 Å². The topological polar surface area (TPSA) is 21.3 Å². The van der Waals surface area contributed by atoms with E-state index in [1.165, 1.54) is 31.2 Å². The molecule has 0 spiro atoms. The lowest BCUT2D eigenvalue weighted by Gasteiger charge is -2.16. The van der Waals surface area contributed by atoms with Gasteiger partial charge in [-0.15, -0.1) is 0 Å². The Morgan fingerprint density at radius 3 is 2.82 bits per heavy atom. The average molecular weight is 233 g/mol. The first-order valence-electron chi connectivity index (χ1n) is 6.79. The van der Waals surface area contributed by atoms with Crippen LogP contribution in [0.3, 0.4) is 0 Å². The van der Waals surface area contributed by atoms with Crippen molar-refractivity contribution in [1.82, 2.24) is 5.32 Å². The lowest BCUT2D eigenvalue weighted by molar-refractivity contribution is 0.209. The number of benzene rings is 1. The van der Waals surface area contributed by atoms with E-state index in [9.17, 15) is 0 Å². The summed E-state index contributed by atoms with van der Waals surface area (Å²) in [7, 11) is 0. The van der Waals surface area contributed by atoms with Crippen molar-refractivity contribution in [2.45, 2.75) is 51.7 Å². The Kier molecular flexibility index (Phi) is 4.43. The molecule has 1 atom stereocenters. The molecule has 0 amide bonds. The van der Waals surface area contributed by atoms with Crippen LogP contribution in [0.1, 0.15) is 51.1 Å². The lowest BCUT2D eigenvalue weighted by Crippen LogP contribution is -2.18. The Labute approximate surface area is 104 Å². The first-order valence-corrected chi connectivity index (χ1v) is 6.79. The van der Waals surface area contributed by atoms with E-state index in [1.807, 2.05) is 0 Å². The van der Waals surface area contributed by atoms with Crippen LogP contribution >= 0.6 is 0 Å². The molecule has 94 valence electrons. The lowest BCUT2D eigenvalue weighted by atomic mass is 10.1. The largest absolute Gasteiger partial charge is 0.490 e. The molecule has 0 bridgehead atoms. The molecule has 1 saturated carbocycles. The summed E-state index contributed by atoms with van der Waals surface area (Å²) in [6.07, 6.45) is 5.51. The van der Waals surface area contributed by atoms with Gasteiger partial charge in [0, 0.05) is 6.04 Å². The minimum absolute atomic E-state index is 0.395. The second-order valence-corrected chi connectivity index (χ2v) is 4.88. The normalized spacial score (nSPS) is 18.2. The van der Waals surface area contributed by atoms with E-state index < -0.39 is 0 Å². The van der Waals surface area contributed by atoms with Gasteiger partial charge in [0.1, 0.15) is 5.75 Å². The molecule has 2 heteroatoms. The fourth-order valence-electron chi connectivity index (χ4n) is 2.48. The van der Waals surface area contributed by atoms with Gasteiger partial charge in [-0.05, 0) is 56.8 Å². The number of ether oxygens (including phenoxy) is 1. The number of rotatable bonds is 5. The van der Waals surface area contributed by atoms with Gasteiger partial charge in [-0.3, -0.25) is 0 Å². The van der Waals surface area contributed by atoms with Crippen molar-refractivity contribution in [3.63, 3.8) is 0 Å². The standard InChI is InChI=1S/C15H23NO/c1-3-16-12(2)13-7-6-10-15(11-13)17-14-8-4-5-9-14/h6-7,10-12,14,16H,3-5,8-9H2,1-2H3/t12-/m1/s1. The molecule has 0 aromatic heterocycles. The van der Waals surface area contributed by atoms with Crippen LogP contribution < -0.4 is 10.1 Å². The van der Waals surface area contributed by atoms with E-state index in [1.54, 1.807) is 0 Å². The highest BCUT2D eigenvalue weighted by molar-refractivity contribution is 5.30. The maximum atomic E-state index is 6.02. The highest BCUT2D eigenvalue weighted by Gasteiger charge is 2.16. The van der Waals surface area contributed by atoms with Crippen molar-refractivity contribution in [3.05, 3.63) is 29.8 Å². The van der Waals surface area contributed by atoms with Crippen molar-refractivity contribution in [3.8, 4) is 5.75 Å². The molecule has 0 aliphatic heterocycles. The monoisotopic (exact) mass is 233 g/mol. The first-order chi connectivity index (χ1) is 8.29. The van der Waals surface area contributed by atoms with Crippen LogP contribution in [0.25, 0.3) is 0 Å². The van der Waals surface area contributed by atoms with Crippen molar-refractivity contribution in [1.29, 1.82) is 0 Å². The van der Waals surface area contributed by atoms with Gasteiger partial charge in [-0.25, -0.2) is 0 Å². The molecule has 1 aliphatic carbocycles. The zero-order valence-electron chi connectivity index (χ0n) is 10.9. The first kappa shape index (κ1) is 12.4. The number of hydrogen-bond acceptors (Lipinski definition) is 2. The van der Waals surface area contributed by atoms with Crippen LogP contribution in [-0.2, 0) is 0 Å². The zero-order chi connectivity index (χ0) is 12.1. The minimum atomic E-state index is 0.395. The van der Waals surface area contributed by atoms with Crippen LogP contribution in [0.5, 0.6) is 5.75 Å². The van der Waals surface area contributed by atoms with E-state index in [0.29, 0.717) is 12.1 Å². The van der Waals surface area contributed by atoms with Gasteiger partial charge < -0.3 is 10.1 Å². The summed E-state index contributed by atoms with van der Waals surface area (Å²) < 4.78 is 6.02. The Morgan fingerprint density at radius 1 is 1.35 bits per heavy atom. The van der Waals surface area contributed by atoms with Gasteiger partial charge in [0.05, 0.1) is 6.10 Å². The molecule has 0 radical (unpaired) electrons. The second-order valence-electron chi connectivity index (χ2n) is 4.88. The number of nitrogens with one attached hydrogen (secondary N) is 1. The maximum absolute atomic E-state index is 6.02. The SMILES string of the molecule is CCN[C@H](C)c1cccc(OC2CCCC2)c1. The third-order valence-electron chi connectivity index (χ3n) is 3.47. The molecular weight excluding hydrogens is 210 g/mol. The predicted octanol–water partition coefficient (Wildman–Crippen LogP) is 3.68. The molecule has 1 aromatic carbocycles. The summed E-state index contributed by atoms with van der Waals surface area (Å²) >= 11 is 0. The van der Waals surface area contributed by atoms with Gasteiger partial charge in [0.2, 0.25) is 0 Å². The molecule has 1 aliphatic rings. The molecule has 0 saturated heterocycles. The van der Waals surface area contributed by atoms with E-state index in [4.69, 9.17) is 4.74 Å². The van der Waals surface area contributed by atoms with Gasteiger partial charge >= 0.3 is 0 Å². The summed E-state index contributed by atoms with van der Waals surface area (Å²) in [6.45, 7) is 5.32. The zero-order valence-corrected chi connectivity index (χ0v) is 10.9. The Balaban J connectivity index is 2.00. The maximum Gasteiger partial charge on any atom is 0.120 e. The molecular formula is C15H23NO. The summed E-state index contributed by atoms with van der Waals surface area (Å²) in [4.78, 5) is 0. The molecule has 2 rings (SSSR count). The van der Waals surface area contributed by atoms with Gasteiger partial charge in [-0.1, -0.05) is 19.1 Å². The average Bonchev–Trinajstić information content (AvgIpc) is 2.82. The molecule has 1 aromatic rings. The van der Waals surface area contributed by atoms with E-state index >= 15 is 0 Å². The van der Waals surface area contributed by atoms with Gasteiger partial charge in [0.25, 0.3) is 0 Å². The Hall–Kier alpha value is -1.02. The summed E-state index contributed by atoms with van der Waals surface area (Å²) in [5.41, 5.74) is 1.31. The molecule has 1 fully saturated rings. The highest BCUT2D eigenvalue weighted by Crippen LogP contribution is 2.25. The molecule has 0 unspecified atom stereocenters.